The van der Waals surface area contributed by atoms with Gasteiger partial charge in [-0.1, -0.05) is 0 Å². The molecular formula is C14H20O8. The lowest BCUT2D eigenvalue weighted by Crippen LogP contribution is -2.51. The van der Waals surface area contributed by atoms with Crippen molar-refractivity contribution >= 4 is 23.9 Å². The summed E-state index contributed by atoms with van der Waals surface area (Å²) >= 11 is 0. The third kappa shape index (κ3) is 5.71. The van der Waals surface area contributed by atoms with Crippen molar-refractivity contribution < 1.29 is 38.1 Å². The molecule has 0 amide bonds. The lowest BCUT2D eigenvalue weighted by Gasteiger charge is -2.38. The number of hydrogen-bond donors (Lipinski definition) is 0. The van der Waals surface area contributed by atoms with Crippen LogP contribution in [0, 0.1) is 0 Å². The molecular weight excluding hydrogens is 296 g/mol. The van der Waals surface area contributed by atoms with Crippen LogP contribution in [0.5, 0.6) is 0 Å². The Hall–Kier alpha value is -2.12. The predicted molar refractivity (Wildman–Crippen MR) is 71.5 cm³/mol. The Bertz CT molecular complexity index is 376. The first-order valence-corrected chi connectivity index (χ1v) is 6.88. The molecule has 1 rings (SSSR count). The largest absolute Gasteiger partial charge is 0.458 e. The van der Waals surface area contributed by atoms with E-state index in [-0.39, 0.29) is 12.8 Å². The van der Waals surface area contributed by atoms with E-state index in [1.54, 1.807) is 0 Å². The highest BCUT2D eigenvalue weighted by molar-refractivity contribution is 5.68. The van der Waals surface area contributed by atoms with E-state index < -0.39 is 48.3 Å². The van der Waals surface area contributed by atoms with E-state index in [0.717, 1.165) is 0 Å². The fraction of sp³-hybridized carbons (Fsp3) is 0.714. The SMILES string of the molecule is CC(=O)O[C@H]1C[C@@H](OC(C)=O)[C@H](OC(C)=O)C[C@@H]1OC(C)=O. The maximum Gasteiger partial charge on any atom is 0.303 e. The molecule has 0 aromatic rings. The number of ether oxygens (including phenoxy) is 4. The second kappa shape index (κ2) is 7.77. The van der Waals surface area contributed by atoms with Gasteiger partial charge in [0.05, 0.1) is 0 Å². The highest BCUT2D eigenvalue weighted by Gasteiger charge is 2.44. The van der Waals surface area contributed by atoms with Crippen LogP contribution in [0.15, 0.2) is 0 Å². The summed E-state index contributed by atoms with van der Waals surface area (Å²) in [4.78, 5) is 44.7. The van der Waals surface area contributed by atoms with E-state index in [1.165, 1.54) is 27.7 Å². The van der Waals surface area contributed by atoms with Crippen molar-refractivity contribution in [2.24, 2.45) is 0 Å². The van der Waals surface area contributed by atoms with Gasteiger partial charge in [0.1, 0.15) is 24.4 Å². The van der Waals surface area contributed by atoms with E-state index in [9.17, 15) is 19.2 Å². The molecule has 4 atom stereocenters. The summed E-state index contributed by atoms with van der Waals surface area (Å²) in [6.07, 6.45) is -2.91. The molecule has 124 valence electrons. The average molecular weight is 316 g/mol. The third-order valence-corrected chi connectivity index (χ3v) is 3.03. The Morgan fingerprint density at radius 1 is 0.545 bits per heavy atom. The van der Waals surface area contributed by atoms with Gasteiger partial charge in [-0.25, -0.2) is 0 Å². The molecule has 0 aromatic heterocycles. The number of hydrogen-bond acceptors (Lipinski definition) is 8. The van der Waals surface area contributed by atoms with Gasteiger partial charge in [0, 0.05) is 40.5 Å². The maximum absolute atomic E-state index is 11.2. The van der Waals surface area contributed by atoms with Crippen molar-refractivity contribution in [3.63, 3.8) is 0 Å². The average Bonchev–Trinajstić information content (AvgIpc) is 2.31. The maximum atomic E-state index is 11.2. The minimum absolute atomic E-state index is 0.0784. The van der Waals surface area contributed by atoms with Gasteiger partial charge >= 0.3 is 23.9 Å². The summed E-state index contributed by atoms with van der Waals surface area (Å²) in [5.41, 5.74) is 0. The van der Waals surface area contributed by atoms with Crippen molar-refractivity contribution in [2.45, 2.75) is 65.0 Å². The van der Waals surface area contributed by atoms with Gasteiger partial charge in [0.2, 0.25) is 0 Å². The normalized spacial score (nSPS) is 27.5. The zero-order valence-electron chi connectivity index (χ0n) is 13.0. The van der Waals surface area contributed by atoms with E-state index >= 15 is 0 Å². The van der Waals surface area contributed by atoms with Gasteiger partial charge < -0.3 is 18.9 Å². The molecule has 0 aromatic carbocycles. The van der Waals surface area contributed by atoms with Crippen molar-refractivity contribution in [2.75, 3.05) is 0 Å². The van der Waals surface area contributed by atoms with Crippen molar-refractivity contribution in [1.82, 2.24) is 0 Å². The topological polar surface area (TPSA) is 105 Å². The van der Waals surface area contributed by atoms with Crippen LogP contribution in [-0.4, -0.2) is 48.3 Å². The summed E-state index contributed by atoms with van der Waals surface area (Å²) in [7, 11) is 0. The Labute approximate surface area is 128 Å². The fourth-order valence-corrected chi connectivity index (χ4v) is 2.41. The summed E-state index contributed by atoms with van der Waals surface area (Å²) < 4.78 is 20.5. The third-order valence-electron chi connectivity index (χ3n) is 3.03. The highest BCUT2D eigenvalue weighted by Crippen LogP contribution is 2.29. The molecule has 8 heteroatoms. The second-order valence-corrected chi connectivity index (χ2v) is 5.06. The van der Waals surface area contributed by atoms with Gasteiger partial charge in [0.25, 0.3) is 0 Å². The van der Waals surface area contributed by atoms with Crippen LogP contribution in [0.3, 0.4) is 0 Å². The van der Waals surface area contributed by atoms with Crippen LogP contribution in [0.4, 0.5) is 0 Å². The summed E-state index contributed by atoms with van der Waals surface area (Å²) in [5.74, 6) is -2.19. The minimum Gasteiger partial charge on any atom is -0.458 e. The second-order valence-electron chi connectivity index (χ2n) is 5.06. The van der Waals surface area contributed by atoms with Crippen molar-refractivity contribution in [1.29, 1.82) is 0 Å². The van der Waals surface area contributed by atoms with Crippen LogP contribution < -0.4 is 0 Å². The lowest BCUT2D eigenvalue weighted by atomic mass is 9.89. The lowest BCUT2D eigenvalue weighted by molar-refractivity contribution is -0.196. The Morgan fingerprint density at radius 2 is 0.727 bits per heavy atom. The molecule has 1 fully saturated rings. The first kappa shape index (κ1) is 17.9. The summed E-state index contributed by atoms with van der Waals surface area (Å²) in [5, 5.41) is 0. The van der Waals surface area contributed by atoms with E-state index in [2.05, 4.69) is 0 Å². The molecule has 0 N–H and O–H groups in total. The van der Waals surface area contributed by atoms with Crippen molar-refractivity contribution in [3.8, 4) is 0 Å². The molecule has 0 unspecified atom stereocenters. The summed E-state index contributed by atoms with van der Waals surface area (Å²) in [6.45, 7) is 4.90. The van der Waals surface area contributed by atoms with Gasteiger partial charge in [-0.3, -0.25) is 19.2 Å². The number of carbonyl (C=O) groups is 4. The zero-order chi connectivity index (χ0) is 16.9. The van der Waals surface area contributed by atoms with Crippen LogP contribution in [0.1, 0.15) is 40.5 Å². The fourth-order valence-electron chi connectivity index (χ4n) is 2.41. The van der Waals surface area contributed by atoms with Gasteiger partial charge in [-0.15, -0.1) is 0 Å². The number of rotatable bonds is 4. The highest BCUT2D eigenvalue weighted by atomic mass is 16.6. The molecule has 0 saturated heterocycles. The standard InChI is InChI=1S/C14H20O8/c1-7(15)19-11-5-13(21-9(3)17)14(22-10(4)18)6-12(11)20-8(2)16/h11-14H,5-6H2,1-4H3/t11-,12-,13+,14+. The van der Waals surface area contributed by atoms with Crippen LogP contribution >= 0.6 is 0 Å². The van der Waals surface area contributed by atoms with E-state index in [1.807, 2.05) is 0 Å². The monoisotopic (exact) mass is 316 g/mol. The molecule has 0 aliphatic heterocycles. The first-order valence-electron chi connectivity index (χ1n) is 6.88. The van der Waals surface area contributed by atoms with Crippen LogP contribution in [0.2, 0.25) is 0 Å². The number of esters is 4. The van der Waals surface area contributed by atoms with Gasteiger partial charge in [-0.2, -0.15) is 0 Å². The predicted octanol–water partition coefficient (Wildman–Crippen LogP) is 0.507. The van der Waals surface area contributed by atoms with E-state index in [0.29, 0.717) is 0 Å². The van der Waals surface area contributed by atoms with Crippen LogP contribution in [0.25, 0.3) is 0 Å². The van der Waals surface area contributed by atoms with Gasteiger partial charge in [-0.05, 0) is 0 Å². The smallest absolute Gasteiger partial charge is 0.303 e. The van der Waals surface area contributed by atoms with Crippen LogP contribution in [-0.2, 0) is 38.1 Å². The van der Waals surface area contributed by atoms with Gasteiger partial charge in [0.15, 0.2) is 0 Å². The molecule has 1 saturated carbocycles. The molecule has 22 heavy (non-hydrogen) atoms. The quantitative estimate of drug-likeness (QED) is 0.545. The molecule has 1 aliphatic carbocycles. The zero-order valence-corrected chi connectivity index (χ0v) is 13.0. The number of carbonyl (C=O) groups excluding carboxylic acids is 4. The molecule has 0 radical (unpaired) electrons. The van der Waals surface area contributed by atoms with E-state index in [4.69, 9.17) is 18.9 Å². The molecule has 0 spiro atoms. The van der Waals surface area contributed by atoms with Crippen molar-refractivity contribution in [3.05, 3.63) is 0 Å². The molecule has 8 nitrogen and oxygen atoms in total. The Kier molecular flexibility index (Phi) is 6.33. The Balaban J connectivity index is 2.92. The summed E-state index contributed by atoms with van der Waals surface area (Å²) in [6, 6.07) is 0. The molecule has 1 aliphatic rings. The Morgan fingerprint density at radius 3 is 0.864 bits per heavy atom. The minimum atomic E-state index is -0.766. The molecule has 0 bridgehead atoms. The first-order chi connectivity index (χ1) is 10.2. The molecule has 0 heterocycles.